The number of benzene rings is 1. The zero-order chi connectivity index (χ0) is 15.2. The molecule has 0 bridgehead atoms. The lowest BCUT2D eigenvalue weighted by Gasteiger charge is -2.30. The van der Waals surface area contributed by atoms with Crippen LogP contribution >= 0.6 is 0 Å². The van der Waals surface area contributed by atoms with E-state index in [2.05, 4.69) is 6.58 Å². The third-order valence-corrected chi connectivity index (χ3v) is 3.52. The second kappa shape index (κ2) is 7.07. The number of carbonyl (C=O) groups excluding carboxylic acids is 2. The maximum Gasteiger partial charge on any atom is 0.338 e. The van der Waals surface area contributed by atoms with Gasteiger partial charge in [-0.2, -0.15) is 0 Å². The summed E-state index contributed by atoms with van der Waals surface area (Å²) in [6.45, 7) is 5.18. The van der Waals surface area contributed by atoms with Crippen molar-refractivity contribution in [1.29, 1.82) is 0 Å². The van der Waals surface area contributed by atoms with Gasteiger partial charge in [0, 0.05) is 5.57 Å². The van der Waals surface area contributed by atoms with E-state index >= 15 is 0 Å². The fourth-order valence-corrected chi connectivity index (χ4v) is 2.35. The molecule has 0 N–H and O–H groups in total. The topological polar surface area (TPSA) is 52.6 Å². The van der Waals surface area contributed by atoms with Crippen molar-refractivity contribution in [1.82, 2.24) is 0 Å². The molecule has 21 heavy (non-hydrogen) atoms. The molecule has 0 aromatic heterocycles. The van der Waals surface area contributed by atoms with Gasteiger partial charge in [0.15, 0.2) is 0 Å². The molecule has 4 heteroatoms. The SMILES string of the molecule is C=C(C)C(=O)OC1CCCCC1OC(=O)c1ccccc1. The average Bonchev–Trinajstić information content (AvgIpc) is 2.50. The highest BCUT2D eigenvalue weighted by Crippen LogP contribution is 2.25. The van der Waals surface area contributed by atoms with E-state index in [1.807, 2.05) is 6.07 Å². The molecule has 1 saturated carbocycles. The van der Waals surface area contributed by atoms with Gasteiger partial charge >= 0.3 is 11.9 Å². The van der Waals surface area contributed by atoms with Gasteiger partial charge in [0.05, 0.1) is 5.56 Å². The van der Waals surface area contributed by atoms with E-state index in [4.69, 9.17) is 9.47 Å². The normalized spacial score (nSPS) is 21.4. The molecule has 0 spiro atoms. The van der Waals surface area contributed by atoms with Crippen LogP contribution in [0.2, 0.25) is 0 Å². The maximum atomic E-state index is 12.1. The van der Waals surface area contributed by atoms with Crippen LogP contribution in [0.4, 0.5) is 0 Å². The van der Waals surface area contributed by atoms with E-state index < -0.39 is 5.97 Å². The fraction of sp³-hybridized carbons (Fsp3) is 0.412. The van der Waals surface area contributed by atoms with Crippen LogP contribution in [0.25, 0.3) is 0 Å². The van der Waals surface area contributed by atoms with Gasteiger partial charge in [0.25, 0.3) is 0 Å². The van der Waals surface area contributed by atoms with E-state index in [1.165, 1.54) is 0 Å². The van der Waals surface area contributed by atoms with Crippen molar-refractivity contribution in [2.45, 2.75) is 44.8 Å². The molecule has 0 heterocycles. The molecule has 2 unspecified atom stereocenters. The fourth-order valence-electron chi connectivity index (χ4n) is 2.35. The van der Waals surface area contributed by atoms with Crippen molar-refractivity contribution in [3.63, 3.8) is 0 Å². The van der Waals surface area contributed by atoms with E-state index in [9.17, 15) is 9.59 Å². The Labute approximate surface area is 124 Å². The third-order valence-electron chi connectivity index (χ3n) is 3.52. The van der Waals surface area contributed by atoms with E-state index in [-0.39, 0.29) is 18.2 Å². The Morgan fingerprint density at radius 2 is 1.62 bits per heavy atom. The van der Waals surface area contributed by atoms with Gasteiger partial charge in [0.1, 0.15) is 12.2 Å². The summed E-state index contributed by atoms with van der Waals surface area (Å²) in [5.41, 5.74) is 0.863. The summed E-state index contributed by atoms with van der Waals surface area (Å²) in [5.74, 6) is -0.804. The van der Waals surface area contributed by atoms with Crippen LogP contribution < -0.4 is 0 Å². The summed E-state index contributed by atoms with van der Waals surface area (Å²) in [4.78, 5) is 23.7. The molecular weight excluding hydrogens is 268 g/mol. The van der Waals surface area contributed by atoms with Gasteiger partial charge < -0.3 is 9.47 Å². The van der Waals surface area contributed by atoms with Crippen molar-refractivity contribution < 1.29 is 19.1 Å². The molecule has 4 nitrogen and oxygen atoms in total. The summed E-state index contributed by atoms with van der Waals surface area (Å²) in [6.07, 6.45) is 2.60. The summed E-state index contributed by atoms with van der Waals surface area (Å²) in [5, 5.41) is 0. The van der Waals surface area contributed by atoms with Gasteiger partial charge in [-0.1, -0.05) is 24.8 Å². The Morgan fingerprint density at radius 3 is 2.19 bits per heavy atom. The van der Waals surface area contributed by atoms with Crippen LogP contribution in [0.15, 0.2) is 42.5 Å². The standard InChI is InChI=1S/C17H20O4/c1-12(2)16(18)20-14-10-6-7-11-15(14)21-17(19)13-8-4-3-5-9-13/h3-5,8-9,14-15H,1,6-7,10-11H2,2H3. The first-order chi connectivity index (χ1) is 10.1. The summed E-state index contributed by atoms with van der Waals surface area (Å²) < 4.78 is 10.9. The predicted molar refractivity (Wildman–Crippen MR) is 78.8 cm³/mol. The molecule has 1 aliphatic rings. The highest BCUT2D eigenvalue weighted by molar-refractivity contribution is 5.89. The van der Waals surface area contributed by atoms with Crippen LogP contribution in [0.5, 0.6) is 0 Å². The van der Waals surface area contributed by atoms with Crippen LogP contribution in [-0.2, 0) is 14.3 Å². The first-order valence-electron chi connectivity index (χ1n) is 7.20. The second-order valence-corrected chi connectivity index (χ2v) is 5.32. The Morgan fingerprint density at radius 1 is 1.05 bits per heavy atom. The lowest BCUT2D eigenvalue weighted by atomic mass is 9.94. The van der Waals surface area contributed by atoms with E-state index in [0.717, 1.165) is 12.8 Å². The molecule has 112 valence electrons. The van der Waals surface area contributed by atoms with Crippen molar-refractivity contribution in [2.24, 2.45) is 0 Å². The van der Waals surface area contributed by atoms with Crippen LogP contribution in [-0.4, -0.2) is 24.1 Å². The molecule has 1 fully saturated rings. The van der Waals surface area contributed by atoms with E-state index in [0.29, 0.717) is 24.0 Å². The molecule has 1 aliphatic carbocycles. The number of hydrogen-bond donors (Lipinski definition) is 0. The monoisotopic (exact) mass is 288 g/mol. The van der Waals surface area contributed by atoms with Crippen molar-refractivity contribution in [3.8, 4) is 0 Å². The number of esters is 2. The van der Waals surface area contributed by atoms with Crippen molar-refractivity contribution in [2.75, 3.05) is 0 Å². The van der Waals surface area contributed by atoms with Crippen molar-refractivity contribution >= 4 is 11.9 Å². The smallest absolute Gasteiger partial charge is 0.338 e. The summed E-state index contributed by atoms with van der Waals surface area (Å²) in [6, 6.07) is 8.83. The van der Waals surface area contributed by atoms with Crippen LogP contribution in [0.3, 0.4) is 0 Å². The molecule has 2 atom stereocenters. The lowest BCUT2D eigenvalue weighted by molar-refractivity contribution is -0.153. The van der Waals surface area contributed by atoms with Gasteiger partial charge in [-0.05, 0) is 44.7 Å². The van der Waals surface area contributed by atoms with Gasteiger partial charge in [-0.3, -0.25) is 0 Å². The quantitative estimate of drug-likeness (QED) is 0.630. The predicted octanol–water partition coefficient (Wildman–Crippen LogP) is 3.27. The zero-order valence-corrected chi connectivity index (χ0v) is 12.2. The number of carbonyl (C=O) groups is 2. The highest BCUT2D eigenvalue weighted by atomic mass is 16.6. The van der Waals surface area contributed by atoms with Gasteiger partial charge in [-0.25, -0.2) is 9.59 Å². The van der Waals surface area contributed by atoms with Crippen molar-refractivity contribution in [3.05, 3.63) is 48.0 Å². The number of ether oxygens (including phenoxy) is 2. The molecule has 0 amide bonds. The number of hydrogen-bond acceptors (Lipinski definition) is 4. The zero-order valence-electron chi connectivity index (χ0n) is 12.2. The minimum atomic E-state index is -0.428. The van der Waals surface area contributed by atoms with Crippen LogP contribution in [0, 0.1) is 0 Å². The first-order valence-corrected chi connectivity index (χ1v) is 7.20. The summed E-state index contributed by atoms with van der Waals surface area (Å²) >= 11 is 0. The third kappa shape index (κ3) is 4.18. The van der Waals surface area contributed by atoms with Gasteiger partial charge in [-0.15, -0.1) is 0 Å². The average molecular weight is 288 g/mol. The molecule has 2 rings (SSSR count). The first kappa shape index (κ1) is 15.3. The highest BCUT2D eigenvalue weighted by Gasteiger charge is 2.31. The molecule has 0 aliphatic heterocycles. The Bertz CT molecular complexity index is 521. The minimum Gasteiger partial charge on any atom is -0.455 e. The Balaban J connectivity index is 2.00. The van der Waals surface area contributed by atoms with Gasteiger partial charge in [0.2, 0.25) is 0 Å². The second-order valence-electron chi connectivity index (χ2n) is 5.32. The molecule has 1 aromatic rings. The number of rotatable bonds is 4. The molecule has 0 radical (unpaired) electrons. The largest absolute Gasteiger partial charge is 0.455 e. The molecule has 0 saturated heterocycles. The maximum absolute atomic E-state index is 12.1. The molecular formula is C17H20O4. The minimum absolute atomic E-state index is 0.355. The lowest BCUT2D eigenvalue weighted by Crippen LogP contribution is -2.38. The molecule has 1 aromatic carbocycles. The summed E-state index contributed by atoms with van der Waals surface area (Å²) in [7, 11) is 0. The Hall–Kier alpha value is -2.10. The Kier molecular flexibility index (Phi) is 5.14. The van der Waals surface area contributed by atoms with E-state index in [1.54, 1.807) is 31.2 Å². The van der Waals surface area contributed by atoms with Crippen LogP contribution in [0.1, 0.15) is 43.0 Å².